The molecule has 0 spiro atoms. The van der Waals surface area contributed by atoms with Crippen molar-refractivity contribution >= 4 is 24.5 Å². The zero-order valence-corrected chi connectivity index (χ0v) is 17.1. The van der Waals surface area contributed by atoms with Gasteiger partial charge in [-0.1, -0.05) is 19.1 Å². The second-order valence-corrected chi connectivity index (χ2v) is 8.03. The van der Waals surface area contributed by atoms with Crippen molar-refractivity contribution in [3.8, 4) is 0 Å². The molecule has 1 fully saturated rings. The summed E-state index contributed by atoms with van der Waals surface area (Å²) in [6, 6.07) is 7.26. The summed E-state index contributed by atoms with van der Waals surface area (Å²) >= 11 is 0. The highest BCUT2D eigenvalue weighted by molar-refractivity contribution is 6.62. The van der Waals surface area contributed by atoms with Crippen LogP contribution in [0, 0.1) is 5.92 Å². The Kier molecular flexibility index (Phi) is 6.70. The molecule has 1 N–H and O–H groups in total. The largest absolute Gasteiger partial charge is 0.494 e. The Morgan fingerprint density at radius 2 is 1.67 bits per heavy atom. The summed E-state index contributed by atoms with van der Waals surface area (Å²) in [6.45, 7) is 10.4. The molecule has 1 heterocycles. The topological polar surface area (TPSA) is 73.9 Å². The fraction of sp³-hybridized carbons (Fsp3) is 0.600. The first-order valence-electron chi connectivity index (χ1n) is 9.39. The lowest BCUT2D eigenvalue weighted by molar-refractivity contribution is -0.145. The molecule has 1 aliphatic heterocycles. The monoisotopic (exact) mass is 375 g/mol. The lowest BCUT2D eigenvalue weighted by Crippen LogP contribution is -2.41. The van der Waals surface area contributed by atoms with E-state index in [1.165, 1.54) is 7.11 Å². The molecule has 1 unspecified atom stereocenters. The van der Waals surface area contributed by atoms with E-state index in [4.69, 9.17) is 14.0 Å². The molecule has 1 amide bonds. The van der Waals surface area contributed by atoms with Crippen molar-refractivity contribution in [1.29, 1.82) is 0 Å². The van der Waals surface area contributed by atoms with Crippen molar-refractivity contribution in [2.45, 2.75) is 58.7 Å². The Bertz CT molecular complexity index is 655. The molecule has 1 saturated heterocycles. The van der Waals surface area contributed by atoms with Crippen LogP contribution in [0.5, 0.6) is 0 Å². The number of rotatable bonds is 7. The number of hydrogen-bond acceptors (Lipinski definition) is 5. The number of methoxy groups -OCH3 is 1. The van der Waals surface area contributed by atoms with E-state index in [-0.39, 0.29) is 17.8 Å². The lowest BCUT2D eigenvalue weighted by atomic mass is 9.79. The van der Waals surface area contributed by atoms with Crippen molar-refractivity contribution < 1.29 is 23.6 Å². The average molecular weight is 375 g/mol. The maximum atomic E-state index is 12.3. The smallest absolute Gasteiger partial charge is 0.469 e. The third kappa shape index (κ3) is 5.11. The second kappa shape index (κ2) is 8.44. The van der Waals surface area contributed by atoms with Gasteiger partial charge in [0.2, 0.25) is 0 Å². The van der Waals surface area contributed by atoms with Crippen LogP contribution in [0.3, 0.4) is 0 Å². The fourth-order valence-electron chi connectivity index (χ4n) is 2.80. The normalized spacial score (nSPS) is 18.8. The summed E-state index contributed by atoms with van der Waals surface area (Å²) < 4.78 is 16.7. The average Bonchev–Trinajstić information content (AvgIpc) is 2.85. The zero-order valence-electron chi connectivity index (χ0n) is 17.1. The molecular formula is C20H30BNO5. The van der Waals surface area contributed by atoms with E-state index in [9.17, 15) is 9.59 Å². The summed E-state index contributed by atoms with van der Waals surface area (Å²) in [6.07, 6.45) is 1.39. The molecule has 1 aromatic rings. The minimum absolute atomic E-state index is 0.138. The van der Waals surface area contributed by atoms with Crippen LogP contribution < -0.4 is 10.8 Å². The van der Waals surface area contributed by atoms with Gasteiger partial charge in [0.15, 0.2) is 0 Å². The molecule has 1 atom stereocenters. The molecule has 1 aliphatic rings. The van der Waals surface area contributed by atoms with Crippen molar-refractivity contribution in [1.82, 2.24) is 5.32 Å². The van der Waals surface area contributed by atoms with Crippen LogP contribution in [0.2, 0.25) is 0 Å². The minimum atomic E-state index is -0.438. The molecule has 148 valence electrons. The van der Waals surface area contributed by atoms with Crippen molar-refractivity contribution in [2.24, 2.45) is 5.92 Å². The summed E-state index contributed by atoms with van der Waals surface area (Å²) in [5.41, 5.74) is 0.678. The van der Waals surface area contributed by atoms with Gasteiger partial charge in [-0.2, -0.15) is 0 Å². The van der Waals surface area contributed by atoms with E-state index in [0.29, 0.717) is 24.9 Å². The number of hydrogen-bond donors (Lipinski definition) is 1. The number of esters is 1. The number of ether oxygens (including phenoxy) is 1. The number of carbonyl (C=O) groups excluding carboxylic acids is 2. The van der Waals surface area contributed by atoms with Gasteiger partial charge in [0, 0.05) is 12.1 Å². The van der Waals surface area contributed by atoms with Crippen LogP contribution in [0.4, 0.5) is 0 Å². The van der Waals surface area contributed by atoms with Gasteiger partial charge in [-0.05, 0) is 58.1 Å². The van der Waals surface area contributed by atoms with Gasteiger partial charge in [0.05, 0.1) is 24.2 Å². The van der Waals surface area contributed by atoms with E-state index in [0.717, 1.165) is 5.46 Å². The number of nitrogens with one attached hydrogen (secondary N) is 1. The van der Waals surface area contributed by atoms with Gasteiger partial charge >= 0.3 is 13.1 Å². The molecule has 27 heavy (non-hydrogen) atoms. The quantitative estimate of drug-likeness (QED) is 0.450. The highest BCUT2D eigenvalue weighted by atomic mass is 16.7. The summed E-state index contributed by atoms with van der Waals surface area (Å²) in [5.74, 6) is -0.521. The number of carbonyl (C=O) groups is 2. The fourth-order valence-corrected chi connectivity index (χ4v) is 2.80. The van der Waals surface area contributed by atoms with Gasteiger partial charge in [-0.15, -0.1) is 0 Å². The van der Waals surface area contributed by atoms with Crippen LogP contribution in [0.25, 0.3) is 0 Å². The Hall–Kier alpha value is -1.86. The Morgan fingerprint density at radius 1 is 1.11 bits per heavy atom. The summed E-state index contributed by atoms with van der Waals surface area (Å²) in [7, 11) is 0.945. The van der Waals surface area contributed by atoms with Crippen LogP contribution in [-0.2, 0) is 18.8 Å². The van der Waals surface area contributed by atoms with E-state index >= 15 is 0 Å². The van der Waals surface area contributed by atoms with E-state index < -0.39 is 18.3 Å². The zero-order chi connectivity index (χ0) is 20.2. The van der Waals surface area contributed by atoms with Gasteiger partial charge in [0.25, 0.3) is 5.91 Å². The molecular weight excluding hydrogens is 345 g/mol. The highest BCUT2D eigenvalue weighted by Crippen LogP contribution is 2.36. The second-order valence-electron chi connectivity index (χ2n) is 8.03. The highest BCUT2D eigenvalue weighted by Gasteiger charge is 2.51. The Balaban J connectivity index is 1.85. The first-order chi connectivity index (χ1) is 12.6. The van der Waals surface area contributed by atoms with Crippen molar-refractivity contribution in [3.05, 3.63) is 29.8 Å². The van der Waals surface area contributed by atoms with Crippen molar-refractivity contribution in [2.75, 3.05) is 13.7 Å². The first-order valence-corrected chi connectivity index (χ1v) is 9.39. The maximum absolute atomic E-state index is 12.3. The van der Waals surface area contributed by atoms with Crippen LogP contribution in [0.15, 0.2) is 24.3 Å². The predicted octanol–water partition coefficient (Wildman–Crippen LogP) is 2.30. The van der Waals surface area contributed by atoms with Gasteiger partial charge in [-0.3, -0.25) is 9.59 Å². The first kappa shape index (κ1) is 21.4. The molecule has 0 saturated carbocycles. The molecule has 1 aromatic carbocycles. The van der Waals surface area contributed by atoms with Gasteiger partial charge in [0.1, 0.15) is 0 Å². The minimum Gasteiger partial charge on any atom is -0.469 e. The molecule has 0 radical (unpaired) electrons. The molecule has 7 heteroatoms. The van der Waals surface area contributed by atoms with E-state index in [1.807, 2.05) is 46.8 Å². The molecule has 0 aliphatic carbocycles. The molecule has 0 aromatic heterocycles. The SMILES string of the molecule is COC(=O)C(C)CCCNC(=O)c1ccc(B2OC(C)(C)C(C)(C)O2)cc1. The third-order valence-corrected chi connectivity index (χ3v) is 5.40. The maximum Gasteiger partial charge on any atom is 0.494 e. The Labute approximate surface area is 162 Å². The van der Waals surface area contributed by atoms with E-state index in [1.54, 1.807) is 12.1 Å². The number of benzene rings is 1. The third-order valence-electron chi connectivity index (χ3n) is 5.40. The Morgan fingerprint density at radius 3 is 2.19 bits per heavy atom. The standard InChI is InChI=1S/C20H30BNO5/c1-14(18(24)25-6)8-7-13-22-17(23)15-9-11-16(12-10-15)21-26-19(2,3)20(4,5)27-21/h9-12,14H,7-8,13H2,1-6H3,(H,22,23). The van der Waals surface area contributed by atoms with Crippen molar-refractivity contribution in [3.63, 3.8) is 0 Å². The molecule has 6 nitrogen and oxygen atoms in total. The lowest BCUT2D eigenvalue weighted by Gasteiger charge is -2.32. The van der Waals surface area contributed by atoms with Crippen LogP contribution in [-0.4, -0.2) is 43.9 Å². The van der Waals surface area contributed by atoms with Crippen LogP contribution in [0.1, 0.15) is 57.8 Å². The summed E-state index contributed by atoms with van der Waals surface area (Å²) in [4.78, 5) is 23.6. The van der Waals surface area contributed by atoms with Gasteiger partial charge < -0.3 is 19.4 Å². The summed E-state index contributed by atoms with van der Waals surface area (Å²) in [5, 5.41) is 2.87. The van der Waals surface area contributed by atoms with Crippen LogP contribution >= 0.6 is 0 Å². The predicted molar refractivity (Wildman–Crippen MR) is 105 cm³/mol. The molecule has 0 bridgehead atoms. The number of amides is 1. The van der Waals surface area contributed by atoms with Gasteiger partial charge in [-0.25, -0.2) is 0 Å². The van der Waals surface area contributed by atoms with E-state index in [2.05, 4.69) is 5.32 Å². The molecule has 2 rings (SSSR count).